The molecule has 1 aromatic heterocycles. The van der Waals surface area contributed by atoms with Gasteiger partial charge in [-0.05, 0) is 19.9 Å². The number of amidine groups is 1. The van der Waals surface area contributed by atoms with Crippen LogP contribution in [0.2, 0.25) is 0 Å². The first-order valence-corrected chi connectivity index (χ1v) is 9.83. The average Bonchev–Trinajstić information content (AvgIpc) is 3.16. The van der Waals surface area contributed by atoms with Gasteiger partial charge in [0, 0.05) is 19.3 Å². The molecular weight excluding hydrogens is 428 g/mol. The maximum Gasteiger partial charge on any atom is 0.341 e. The predicted molar refractivity (Wildman–Crippen MR) is 114 cm³/mol. The van der Waals surface area contributed by atoms with Crippen molar-refractivity contribution in [3.8, 4) is 0 Å². The summed E-state index contributed by atoms with van der Waals surface area (Å²) in [4.78, 5) is 35.1. The monoisotopic (exact) mass is 451 g/mol. The molecule has 0 bridgehead atoms. The summed E-state index contributed by atoms with van der Waals surface area (Å²) in [5.74, 6) is -4.04. The fraction of sp³-hybridized carbons (Fsp3) is 0.400. The molecule has 1 fully saturated rings. The SMILES string of the molecule is CCO/N=C1\CN(c2c(F)cc3c(=O)c(C(=O)O)cn(CC)c3c2F)CC1/C(N)=N\OC. The summed E-state index contributed by atoms with van der Waals surface area (Å²) in [7, 11) is 1.32. The van der Waals surface area contributed by atoms with Gasteiger partial charge in [-0.1, -0.05) is 10.3 Å². The highest BCUT2D eigenvalue weighted by Crippen LogP contribution is 2.33. The number of aromatic nitrogens is 1. The number of oxime groups is 2. The van der Waals surface area contributed by atoms with E-state index in [1.165, 1.54) is 16.6 Å². The number of nitrogens with two attached hydrogens (primary N) is 1. The zero-order chi connectivity index (χ0) is 23.6. The van der Waals surface area contributed by atoms with Gasteiger partial charge < -0.3 is 30.0 Å². The lowest BCUT2D eigenvalue weighted by atomic mass is 10.1. The second-order valence-corrected chi connectivity index (χ2v) is 7.01. The van der Waals surface area contributed by atoms with Crippen molar-refractivity contribution in [2.75, 3.05) is 31.7 Å². The van der Waals surface area contributed by atoms with Gasteiger partial charge in [0.25, 0.3) is 0 Å². The summed E-state index contributed by atoms with van der Waals surface area (Å²) in [5.41, 5.74) is 4.23. The summed E-state index contributed by atoms with van der Waals surface area (Å²) >= 11 is 0. The number of carboxylic acids is 1. The third-order valence-electron chi connectivity index (χ3n) is 5.14. The highest BCUT2D eigenvalue weighted by Gasteiger charge is 2.36. The lowest BCUT2D eigenvalue weighted by molar-refractivity contribution is 0.0694. The van der Waals surface area contributed by atoms with E-state index in [1.54, 1.807) is 13.8 Å². The summed E-state index contributed by atoms with van der Waals surface area (Å²) in [5, 5.41) is 16.6. The van der Waals surface area contributed by atoms with Crippen LogP contribution in [0.25, 0.3) is 10.9 Å². The van der Waals surface area contributed by atoms with Crippen molar-refractivity contribution in [2.24, 2.45) is 22.0 Å². The van der Waals surface area contributed by atoms with Crippen molar-refractivity contribution in [1.82, 2.24) is 4.57 Å². The Morgan fingerprint density at radius 3 is 2.69 bits per heavy atom. The van der Waals surface area contributed by atoms with Crippen LogP contribution in [0.5, 0.6) is 0 Å². The van der Waals surface area contributed by atoms with Crippen LogP contribution < -0.4 is 16.1 Å². The van der Waals surface area contributed by atoms with E-state index < -0.39 is 34.5 Å². The molecule has 1 aromatic carbocycles. The van der Waals surface area contributed by atoms with Crippen LogP contribution in [-0.2, 0) is 16.2 Å². The molecule has 1 saturated heterocycles. The van der Waals surface area contributed by atoms with E-state index >= 15 is 8.78 Å². The Kier molecular flexibility index (Phi) is 6.61. The number of benzene rings is 1. The molecule has 12 heteroatoms. The smallest absolute Gasteiger partial charge is 0.341 e. The largest absolute Gasteiger partial charge is 0.477 e. The van der Waals surface area contributed by atoms with E-state index in [1.807, 2.05) is 0 Å². The number of nitrogens with zero attached hydrogens (tertiary/aromatic N) is 4. The molecule has 172 valence electrons. The van der Waals surface area contributed by atoms with Gasteiger partial charge in [-0.3, -0.25) is 4.79 Å². The molecule has 32 heavy (non-hydrogen) atoms. The number of halogens is 2. The lowest BCUT2D eigenvalue weighted by Gasteiger charge is -2.21. The van der Waals surface area contributed by atoms with E-state index in [4.69, 9.17) is 15.4 Å². The number of aromatic carboxylic acids is 1. The fourth-order valence-corrected chi connectivity index (χ4v) is 3.71. The summed E-state index contributed by atoms with van der Waals surface area (Å²) < 4.78 is 32.0. The summed E-state index contributed by atoms with van der Waals surface area (Å²) in [6, 6.07) is 0.855. The van der Waals surface area contributed by atoms with E-state index in [0.717, 1.165) is 12.3 Å². The Hall–Kier alpha value is -3.70. The summed E-state index contributed by atoms with van der Waals surface area (Å²) in [6.45, 7) is 3.85. The molecule has 1 aliphatic rings. The van der Waals surface area contributed by atoms with Gasteiger partial charge in [0.05, 0.1) is 29.1 Å². The molecule has 1 unspecified atom stereocenters. The number of carbonyl (C=O) groups is 1. The third kappa shape index (κ3) is 3.95. The molecule has 1 aliphatic heterocycles. The van der Waals surface area contributed by atoms with E-state index in [0.29, 0.717) is 5.71 Å². The first-order valence-electron chi connectivity index (χ1n) is 9.83. The Labute approximate surface area is 181 Å². The first kappa shape index (κ1) is 23.0. The Bertz CT molecular complexity index is 1180. The quantitative estimate of drug-likeness (QED) is 0.372. The number of pyridine rings is 1. The number of hydrogen-bond donors (Lipinski definition) is 2. The highest BCUT2D eigenvalue weighted by atomic mass is 19.1. The Morgan fingerprint density at radius 1 is 1.38 bits per heavy atom. The topological polar surface area (TPSA) is 132 Å². The van der Waals surface area contributed by atoms with Gasteiger partial charge >= 0.3 is 5.97 Å². The molecule has 0 spiro atoms. The average molecular weight is 451 g/mol. The van der Waals surface area contributed by atoms with Gasteiger partial charge in [-0.2, -0.15) is 0 Å². The number of fused-ring (bicyclic) bond motifs is 1. The van der Waals surface area contributed by atoms with Gasteiger partial charge in [-0.15, -0.1) is 0 Å². The van der Waals surface area contributed by atoms with Crippen LogP contribution in [0.15, 0.2) is 27.4 Å². The van der Waals surface area contributed by atoms with Crippen molar-refractivity contribution in [3.05, 3.63) is 39.7 Å². The van der Waals surface area contributed by atoms with Crippen molar-refractivity contribution in [2.45, 2.75) is 20.4 Å². The molecule has 3 rings (SSSR count). The molecule has 10 nitrogen and oxygen atoms in total. The molecule has 2 aromatic rings. The maximum absolute atomic E-state index is 15.7. The molecule has 0 amide bonds. The molecule has 3 N–H and O–H groups in total. The minimum atomic E-state index is -1.48. The van der Waals surface area contributed by atoms with Gasteiger partial charge in [0.15, 0.2) is 5.82 Å². The molecule has 1 atom stereocenters. The van der Waals surface area contributed by atoms with Crippen LogP contribution in [-0.4, -0.2) is 54.0 Å². The van der Waals surface area contributed by atoms with Crippen LogP contribution in [0.3, 0.4) is 0 Å². The molecule has 2 heterocycles. The Morgan fingerprint density at radius 2 is 2.09 bits per heavy atom. The lowest BCUT2D eigenvalue weighted by Crippen LogP contribution is -2.31. The van der Waals surface area contributed by atoms with Crippen LogP contribution in [0.1, 0.15) is 24.2 Å². The van der Waals surface area contributed by atoms with Crippen LogP contribution in [0.4, 0.5) is 14.5 Å². The number of aryl methyl sites for hydroxylation is 1. The normalized spacial score (nSPS) is 17.9. The number of anilines is 1. The first-order chi connectivity index (χ1) is 15.2. The second-order valence-electron chi connectivity index (χ2n) is 7.01. The van der Waals surface area contributed by atoms with Gasteiger partial charge in [0.2, 0.25) is 5.43 Å². The standard InChI is InChI=1S/C20H23F2N5O5/c1-4-26-8-12(20(29)30)18(28)10-6-13(21)17(15(22)16(10)26)27-7-11(19(23)25-31-3)14(9-27)24-32-5-2/h6,8,11H,4-5,7,9H2,1-3H3,(H2,23,25)(H,29,30)/b24-14+. The highest BCUT2D eigenvalue weighted by molar-refractivity contribution is 6.10. The molecule has 0 radical (unpaired) electrons. The van der Waals surface area contributed by atoms with E-state index in [2.05, 4.69) is 10.3 Å². The fourth-order valence-electron chi connectivity index (χ4n) is 3.71. The van der Waals surface area contributed by atoms with Gasteiger partial charge in [-0.25, -0.2) is 13.6 Å². The zero-order valence-corrected chi connectivity index (χ0v) is 17.8. The van der Waals surface area contributed by atoms with Crippen LogP contribution >= 0.6 is 0 Å². The minimum absolute atomic E-state index is 0.00643. The number of rotatable bonds is 7. The number of carboxylic acid groups (broad SMARTS) is 1. The van der Waals surface area contributed by atoms with E-state index in [9.17, 15) is 14.7 Å². The van der Waals surface area contributed by atoms with Crippen molar-refractivity contribution in [1.29, 1.82) is 0 Å². The van der Waals surface area contributed by atoms with Crippen molar-refractivity contribution < 1.29 is 28.4 Å². The predicted octanol–water partition coefficient (Wildman–Crippen LogP) is 1.75. The second kappa shape index (κ2) is 9.20. The van der Waals surface area contributed by atoms with Crippen molar-refractivity contribution in [3.63, 3.8) is 0 Å². The Balaban J connectivity index is 2.19. The maximum atomic E-state index is 15.7. The minimum Gasteiger partial charge on any atom is -0.477 e. The molecule has 0 aliphatic carbocycles. The molecule has 0 saturated carbocycles. The van der Waals surface area contributed by atoms with Crippen molar-refractivity contribution >= 4 is 34.1 Å². The number of hydrogen-bond acceptors (Lipinski definition) is 7. The van der Waals surface area contributed by atoms with E-state index in [-0.39, 0.29) is 48.7 Å². The molecular formula is C20H23F2N5O5. The third-order valence-corrected chi connectivity index (χ3v) is 5.14. The zero-order valence-electron chi connectivity index (χ0n) is 17.8. The van der Waals surface area contributed by atoms with Crippen LogP contribution in [0, 0.1) is 17.6 Å². The summed E-state index contributed by atoms with van der Waals surface area (Å²) in [6.07, 6.45) is 1.05. The van der Waals surface area contributed by atoms with Gasteiger partial charge in [0.1, 0.15) is 36.6 Å².